The Morgan fingerprint density at radius 1 is 0.725 bits per heavy atom. The van der Waals surface area contributed by atoms with E-state index in [4.69, 9.17) is 0 Å². The second-order valence-corrected chi connectivity index (χ2v) is 17.1. The molecule has 2 atom stereocenters. The highest BCUT2D eigenvalue weighted by Crippen LogP contribution is 2.53. The van der Waals surface area contributed by atoms with Crippen LogP contribution in [0.2, 0.25) is 0 Å². The molecule has 1 aliphatic heterocycles. The third-order valence-corrected chi connectivity index (χ3v) is 12.5. The highest BCUT2D eigenvalue weighted by molar-refractivity contribution is 5.84. The van der Waals surface area contributed by atoms with E-state index in [-0.39, 0.29) is 10.8 Å². The first-order chi connectivity index (χ1) is 24.5. The van der Waals surface area contributed by atoms with E-state index in [2.05, 4.69) is 152 Å². The minimum atomic E-state index is 0.0308. The maximum Gasteiger partial charge on any atom is 0.0568 e. The van der Waals surface area contributed by atoms with Crippen LogP contribution < -0.4 is 4.90 Å². The maximum atomic E-state index is 2.72. The average Bonchev–Trinajstić information content (AvgIpc) is 3.44. The molecule has 1 nitrogen and oxygen atoms in total. The number of allylic oxidation sites excluding steroid dienone is 7. The van der Waals surface area contributed by atoms with Crippen molar-refractivity contribution in [3.8, 4) is 0 Å². The Kier molecular flexibility index (Phi) is 11.4. The molecule has 0 N–H and O–H groups in total. The Morgan fingerprint density at radius 3 is 2.12 bits per heavy atom. The van der Waals surface area contributed by atoms with E-state index in [1.165, 1.54) is 107 Å². The van der Waals surface area contributed by atoms with Crippen LogP contribution in [0.1, 0.15) is 151 Å². The minimum Gasteiger partial charge on any atom is -0.364 e. The number of unbranched alkanes of at least 4 members (excludes halogenated alkanes) is 4. The van der Waals surface area contributed by atoms with Gasteiger partial charge in [0, 0.05) is 29.0 Å². The van der Waals surface area contributed by atoms with Crippen LogP contribution in [0, 0.1) is 20.8 Å². The summed E-state index contributed by atoms with van der Waals surface area (Å²) in [6.07, 6.45) is 22.5. The fourth-order valence-electron chi connectivity index (χ4n) is 9.51. The van der Waals surface area contributed by atoms with Gasteiger partial charge < -0.3 is 4.90 Å². The summed E-state index contributed by atoms with van der Waals surface area (Å²) in [5, 5.41) is 0. The van der Waals surface area contributed by atoms with Crippen LogP contribution >= 0.6 is 0 Å². The van der Waals surface area contributed by atoms with Gasteiger partial charge in [-0.1, -0.05) is 175 Å². The first-order valence-corrected chi connectivity index (χ1v) is 20.4. The van der Waals surface area contributed by atoms with Gasteiger partial charge in [0.2, 0.25) is 0 Å². The van der Waals surface area contributed by atoms with Gasteiger partial charge in [-0.05, 0) is 97.9 Å². The van der Waals surface area contributed by atoms with Crippen molar-refractivity contribution >= 4 is 11.3 Å². The van der Waals surface area contributed by atoms with Crippen LogP contribution in [0.5, 0.6) is 0 Å². The molecule has 3 aromatic carbocycles. The van der Waals surface area contributed by atoms with Crippen LogP contribution in [0.25, 0.3) is 5.57 Å². The molecule has 51 heavy (non-hydrogen) atoms. The quantitative estimate of drug-likeness (QED) is 0.172. The van der Waals surface area contributed by atoms with Crippen LogP contribution in [0.4, 0.5) is 5.69 Å². The lowest BCUT2D eigenvalue weighted by molar-refractivity contribution is 0.469. The molecule has 0 saturated heterocycles. The van der Waals surface area contributed by atoms with Crippen LogP contribution in [-0.4, -0.2) is 12.6 Å². The fraction of sp³-hybridized carbons (Fsp3) is 0.480. The minimum absolute atomic E-state index is 0.0308. The Balaban J connectivity index is 1.43. The smallest absolute Gasteiger partial charge is 0.0568 e. The number of hydrogen-bond donors (Lipinski definition) is 0. The van der Waals surface area contributed by atoms with Crippen molar-refractivity contribution in [2.45, 2.75) is 149 Å². The molecule has 3 aliphatic rings. The monoisotopic (exact) mass is 680 g/mol. The molecule has 2 aliphatic carbocycles. The van der Waals surface area contributed by atoms with Crippen LogP contribution in [0.3, 0.4) is 0 Å². The number of aryl methyl sites for hydroxylation is 3. The maximum absolute atomic E-state index is 2.72. The molecule has 1 heterocycles. The topological polar surface area (TPSA) is 3.24 Å². The molecule has 1 heteroatoms. The Morgan fingerprint density at radius 2 is 1.39 bits per heavy atom. The lowest BCUT2D eigenvalue weighted by Gasteiger charge is -2.33. The van der Waals surface area contributed by atoms with Crippen LogP contribution in [0.15, 0.2) is 102 Å². The van der Waals surface area contributed by atoms with E-state index in [1.807, 2.05) is 0 Å². The van der Waals surface area contributed by atoms with Crippen molar-refractivity contribution in [2.24, 2.45) is 0 Å². The third kappa shape index (κ3) is 7.51. The van der Waals surface area contributed by atoms with Gasteiger partial charge in [0.1, 0.15) is 0 Å². The molecule has 6 rings (SSSR count). The van der Waals surface area contributed by atoms with Crippen molar-refractivity contribution < 1.29 is 0 Å². The summed E-state index contributed by atoms with van der Waals surface area (Å²) in [5.74, 6) is 0.502. The lowest BCUT2D eigenvalue weighted by Crippen LogP contribution is -2.40. The van der Waals surface area contributed by atoms with Crippen LogP contribution in [-0.2, 0) is 10.8 Å². The zero-order valence-corrected chi connectivity index (χ0v) is 33.5. The molecule has 3 aromatic rings. The van der Waals surface area contributed by atoms with Gasteiger partial charge >= 0.3 is 0 Å². The summed E-state index contributed by atoms with van der Waals surface area (Å²) in [5.41, 5.74) is 17.6. The second kappa shape index (κ2) is 15.6. The number of fused-ring (bicyclic) bond motifs is 2. The van der Waals surface area contributed by atoms with Gasteiger partial charge in [-0.3, -0.25) is 0 Å². The van der Waals surface area contributed by atoms with E-state index >= 15 is 0 Å². The first kappa shape index (κ1) is 37.2. The van der Waals surface area contributed by atoms with Gasteiger partial charge in [0.05, 0.1) is 6.04 Å². The lowest BCUT2D eigenvalue weighted by atomic mass is 9.78. The number of hydrogen-bond acceptors (Lipinski definition) is 1. The summed E-state index contributed by atoms with van der Waals surface area (Å²) in [6.45, 7) is 22.3. The summed E-state index contributed by atoms with van der Waals surface area (Å²) in [6, 6.07) is 24.0. The van der Waals surface area contributed by atoms with Gasteiger partial charge in [0.15, 0.2) is 0 Å². The molecule has 0 aromatic heterocycles. The van der Waals surface area contributed by atoms with Crippen molar-refractivity contribution in [3.05, 3.63) is 141 Å². The van der Waals surface area contributed by atoms with E-state index in [9.17, 15) is 0 Å². The predicted octanol–water partition coefficient (Wildman–Crippen LogP) is 14.0. The molecule has 0 radical (unpaired) electrons. The highest BCUT2D eigenvalue weighted by atomic mass is 15.2. The van der Waals surface area contributed by atoms with Crippen molar-refractivity contribution in [3.63, 3.8) is 0 Å². The number of benzene rings is 3. The van der Waals surface area contributed by atoms with Gasteiger partial charge in [-0.2, -0.15) is 0 Å². The zero-order valence-electron chi connectivity index (χ0n) is 33.5. The molecule has 0 bridgehead atoms. The number of nitrogens with zero attached hydrogens (tertiary/aromatic N) is 1. The van der Waals surface area contributed by atoms with Gasteiger partial charge in [-0.25, -0.2) is 0 Å². The molecule has 0 saturated carbocycles. The molecule has 0 spiro atoms. The molecular formula is C50H65N. The Labute approximate surface area is 311 Å². The molecule has 270 valence electrons. The summed E-state index contributed by atoms with van der Waals surface area (Å²) in [4.78, 5) is 2.72. The van der Waals surface area contributed by atoms with Crippen molar-refractivity contribution in [1.29, 1.82) is 0 Å². The summed E-state index contributed by atoms with van der Waals surface area (Å²) < 4.78 is 0. The number of rotatable bonds is 12. The van der Waals surface area contributed by atoms with E-state index in [0.29, 0.717) is 12.0 Å². The zero-order chi connectivity index (χ0) is 36.3. The second-order valence-electron chi connectivity index (χ2n) is 17.1. The molecule has 2 unspecified atom stereocenters. The summed E-state index contributed by atoms with van der Waals surface area (Å²) in [7, 11) is 0. The SMILES string of the molecule is CCCCCC1/C(=C/C=C2\CCCC(/C=C/C3N(CCCCC)c4ccc(C)cc4C3(C)C)=C2c2ccc(C)cc2)C(C)(C)c2cc(C)ccc21. The predicted molar refractivity (Wildman–Crippen MR) is 223 cm³/mol. The summed E-state index contributed by atoms with van der Waals surface area (Å²) >= 11 is 0. The Bertz CT molecular complexity index is 1820. The van der Waals surface area contributed by atoms with Gasteiger partial charge in [0.25, 0.3) is 0 Å². The average molecular weight is 680 g/mol. The van der Waals surface area contributed by atoms with E-state index in [0.717, 1.165) is 19.4 Å². The molecule has 0 amide bonds. The third-order valence-electron chi connectivity index (χ3n) is 12.5. The number of anilines is 1. The van der Waals surface area contributed by atoms with Crippen molar-refractivity contribution in [2.75, 3.05) is 11.4 Å². The van der Waals surface area contributed by atoms with Crippen molar-refractivity contribution in [1.82, 2.24) is 0 Å². The van der Waals surface area contributed by atoms with E-state index in [1.54, 1.807) is 11.1 Å². The normalized spacial score (nSPS) is 22.4. The highest BCUT2D eigenvalue weighted by Gasteiger charge is 2.43. The standard InChI is InChI=1S/C50H65N/c1-10-12-14-19-41-42-28-22-36(4)33-44(42)49(6,7)43(41)29-26-38-17-16-18-39(48(38)40-24-20-35(3)21-25-40)27-31-47-50(8,9)45-34-37(5)23-30-46(45)51(47)32-15-13-11-2/h20-31,33-34,41,47H,10-19,32H2,1-9H3/b31-27+,38-26+,43-29-. The molecule has 0 fully saturated rings. The molecular weight excluding hydrogens is 615 g/mol. The van der Waals surface area contributed by atoms with Gasteiger partial charge in [-0.15, -0.1) is 0 Å². The fourth-order valence-corrected chi connectivity index (χ4v) is 9.51. The Hall–Kier alpha value is -3.58. The van der Waals surface area contributed by atoms with E-state index < -0.39 is 0 Å². The first-order valence-electron chi connectivity index (χ1n) is 20.4. The largest absolute Gasteiger partial charge is 0.364 e.